The molecule has 0 radical (unpaired) electrons. The predicted octanol–water partition coefficient (Wildman–Crippen LogP) is 3.11. The molecule has 1 heterocycles. The Kier molecular flexibility index (Phi) is 2.67. The monoisotopic (exact) mass is 247 g/mol. The summed E-state index contributed by atoms with van der Waals surface area (Å²) in [6.07, 6.45) is 2.74. The van der Waals surface area contributed by atoms with Crippen LogP contribution in [-0.4, -0.2) is 18.1 Å². The molecule has 1 aliphatic carbocycles. The first kappa shape index (κ1) is 10.8. The van der Waals surface area contributed by atoms with E-state index in [0.717, 1.165) is 35.9 Å². The molecule has 0 saturated heterocycles. The summed E-state index contributed by atoms with van der Waals surface area (Å²) < 4.78 is 1.17. The van der Waals surface area contributed by atoms with E-state index in [9.17, 15) is 0 Å². The molecule has 1 fully saturated rings. The molecule has 1 aromatic heterocycles. The summed E-state index contributed by atoms with van der Waals surface area (Å²) in [6.45, 7) is 4.33. The molecule has 0 spiro atoms. The molecule has 1 aromatic carbocycles. The number of nitrogen functional groups attached to an aromatic ring is 1. The van der Waals surface area contributed by atoms with Crippen molar-refractivity contribution in [3.63, 3.8) is 0 Å². The smallest absolute Gasteiger partial charge is 0.106 e. The minimum Gasteiger partial charge on any atom is -0.395 e. The lowest BCUT2D eigenvalue weighted by atomic mass is 10.2. The van der Waals surface area contributed by atoms with Crippen LogP contribution in [0, 0.1) is 5.92 Å². The second-order valence-electron chi connectivity index (χ2n) is 4.68. The molecule has 3 rings (SSSR count). The number of rotatable bonds is 4. The summed E-state index contributed by atoms with van der Waals surface area (Å²) in [7, 11) is 0. The molecule has 1 aliphatic rings. The maximum Gasteiger partial charge on any atom is 0.106 e. The van der Waals surface area contributed by atoms with E-state index in [-0.39, 0.29) is 0 Å². The third kappa shape index (κ3) is 1.97. The molecule has 2 aromatic rings. The standard InChI is InChI=1S/C13H17N3S/c1-2-16(7-9-3-4-9)10-5-6-11-13(12(10)14)15-8-17-11/h5-6,8-9H,2-4,7,14H2,1H3. The number of benzene rings is 1. The van der Waals surface area contributed by atoms with E-state index in [1.54, 1.807) is 11.3 Å². The first-order valence-electron chi connectivity index (χ1n) is 6.16. The van der Waals surface area contributed by atoms with E-state index in [2.05, 4.69) is 28.9 Å². The zero-order chi connectivity index (χ0) is 11.8. The first-order valence-corrected chi connectivity index (χ1v) is 7.04. The Morgan fingerprint density at radius 2 is 2.29 bits per heavy atom. The van der Waals surface area contributed by atoms with Gasteiger partial charge in [-0.3, -0.25) is 0 Å². The highest BCUT2D eigenvalue weighted by atomic mass is 32.1. The van der Waals surface area contributed by atoms with E-state index in [1.807, 2.05) is 5.51 Å². The fourth-order valence-electron chi connectivity index (χ4n) is 2.23. The Bertz CT molecular complexity index is 530. The molecule has 90 valence electrons. The van der Waals surface area contributed by atoms with Crippen molar-refractivity contribution in [1.29, 1.82) is 0 Å². The van der Waals surface area contributed by atoms with Gasteiger partial charge in [-0.2, -0.15) is 0 Å². The third-order valence-corrected chi connectivity index (χ3v) is 4.21. The van der Waals surface area contributed by atoms with Gasteiger partial charge in [0, 0.05) is 13.1 Å². The lowest BCUT2D eigenvalue weighted by Crippen LogP contribution is -2.26. The van der Waals surface area contributed by atoms with Crippen LogP contribution in [0.2, 0.25) is 0 Å². The van der Waals surface area contributed by atoms with Gasteiger partial charge < -0.3 is 10.6 Å². The van der Waals surface area contributed by atoms with Crippen LogP contribution >= 0.6 is 11.3 Å². The molecule has 1 saturated carbocycles. The lowest BCUT2D eigenvalue weighted by Gasteiger charge is -2.24. The average Bonchev–Trinajstić information content (AvgIpc) is 3.02. The predicted molar refractivity (Wildman–Crippen MR) is 74.6 cm³/mol. The van der Waals surface area contributed by atoms with Crippen molar-refractivity contribution in [1.82, 2.24) is 4.98 Å². The Morgan fingerprint density at radius 1 is 1.47 bits per heavy atom. The highest BCUT2D eigenvalue weighted by Gasteiger charge is 2.25. The third-order valence-electron chi connectivity index (χ3n) is 3.42. The van der Waals surface area contributed by atoms with Gasteiger partial charge in [-0.15, -0.1) is 11.3 Å². The zero-order valence-electron chi connectivity index (χ0n) is 10.0. The van der Waals surface area contributed by atoms with Crippen LogP contribution in [0.5, 0.6) is 0 Å². The molecule has 17 heavy (non-hydrogen) atoms. The van der Waals surface area contributed by atoms with Gasteiger partial charge in [0.2, 0.25) is 0 Å². The average molecular weight is 247 g/mol. The van der Waals surface area contributed by atoms with E-state index < -0.39 is 0 Å². The zero-order valence-corrected chi connectivity index (χ0v) is 10.8. The number of hydrogen-bond acceptors (Lipinski definition) is 4. The molecular weight excluding hydrogens is 230 g/mol. The molecule has 3 nitrogen and oxygen atoms in total. The minimum atomic E-state index is 0.839. The maximum absolute atomic E-state index is 6.24. The van der Waals surface area contributed by atoms with Crippen LogP contribution in [-0.2, 0) is 0 Å². The van der Waals surface area contributed by atoms with E-state index in [0.29, 0.717) is 0 Å². The summed E-state index contributed by atoms with van der Waals surface area (Å²) in [5, 5.41) is 0. The summed E-state index contributed by atoms with van der Waals surface area (Å²) in [5.74, 6) is 0.875. The van der Waals surface area contributed by atoms with Gasteiger partial charge in [0.1, 0.15) is 5.52 Å². The highest BCUT2D eigenvalue weighted by Crippen LogP contribution is 2.36. The fourth-order valence-corrected chi connectivity index (χ4v) is 2.92. The summed E-state index contributed by atoms with van der Waals surface area (Å²) in [6, 6.07) is 4.27. The van der Waals surface area contributed by atoms with Crippen molar-refractivity contribution in [2.24, 2.45) is 5.92 Å². The minimum absolute atomic E-state index is 0.839. The van der Waals surface area contributed by atoms with Gasteiger partial charge >= 0.3 is 0 Å². The lowest BCUT2D eigenvalue weighted by molar-refractivity contribution is 0.743. The molecule has 0 amide bonds. The van der Waals surface area contributed by atoms with Crippen LogP contribution in [0.3, 0.4) is 0 Å². The Morgan fingerprint density at radius 3 is 3.00 bits per heavy atom. The van der Waals surface area contributed by atoms with Crippen molar-refractivity contribution in [2.75, 3.05) is 23.7 Å². The van der Waals surface area contributed by atoms with Crippen LogP contribution in [0.25, 0.3) is 10.2 Å². The van der Waals surface area contributed by atoms with E-state index >= 15 is 0 Å². The van der Waals surface area contributed by atoms with E-state index in [1.165, 1.54) is 17.5 Å². The summed E-state index contributed by atoms with van der Waals surface area (Å²) >= 11 is 1.65. The number of hydrogen-bond donors (Lipinski definition) is 1. The molecule has 0 atom stereocenters. The van der Waals surface area contributed by atoms with Gasteiger partial charge in [0.05, 0.1) is 21.6 Å². The summed E-state index contributed by atoms with van der Waals surface area (Å²) in [5.41, 5.74) is 11.1. The number of fused-ring (bicyclic) bond motifs is 1. The fraction of sp³-hybridized carbons (Fsp3) is 0.462. The highest BCUT2D eigenvalue weighted by molar-refractivity contribution is 7.16. The van der Waals surface area contributed by atoms with Gasteiger partial charge in [-0.25, -0.2) is 4.98 Å². The van der Waals surface area contributed by atoms with Crippen LogP contribution in [0.4, 0.5) is 11.4 Å². The molecule has 0 aliphatic heterocycles. The largest absolute Gasteiger partial charge is 0.395 e. The van der Waals surface area contributed by atoms with Gasteiger partial charge in [-0.05, 0) is 37.8 Å². The SMILES string of the molecule is CCN(CC1CC1)c1ccc2scnc2c1N. The maximum atomic E-state index is 6.24. The number of aromatic nitrogens is 1. The van der Waals surface area contributed by atoms with Gasteiger partial charge in [0.25, 0.3) is 0 Å². The molecule has 4 heteroatoms. The number of thiazole rings is 1. The second kappa shape index (κ2) is 4.18. The van der Waals surface area contributed by atoms with Crippen LogP contribution in [0.1, 0.15) is 19.8 Å². The second-order valence-corrected chi connectivity index (χ2v) is 5.57. The first-order chi connectivity index (χ1) is 8.29. The van der Waals surface area contributed by atoms with Crippen molar-refractivity contribution in [2.45, 2.75) is 19.8 Å². The number of nitrogens with two attached hydrogens (primary N) is 1. The molecule has 0 bridgehead atoms. The van der Waals surface area contributed by atoms with Crippen molar-refractivity contribution in [3.8, 4) is 0 Å². The number of nitrogens with zero attached hydrogens (tertiary/aromatic N) is 2. The Labute approximate surface area is 105 Å². The molecular formula is C13H17N3S. The summed E-state index contributed by atoms with van der Waals surface area (Å²) in [4.78, 5) is 6.74. The van der Waals surface area contributed by atoms with Crippen LogP contribution in [0.15, 0.2) is 17.6 Å². The number of anilines is 2. The van der Waals surface area contributed by atoms with Gasteiger partial charge in [-0.1, -0.05) is 0 Å². The quantitative estimate of drug-likeness (QED) is 0.844. The van der Waals surface area contributed by atoms with Crippen molar-refractivity contribution >= 4 is 32.9 Å². The topological polar surface area (TPSA) is 42.2 Å². The van der Waals surface area contributed by atoms with Gasteiger partial charge in [0.15, 0.2) is 0 Å². The van der Waals surface area contributed by atoms with Crippen LogP contribution < -0.4 is 10.6 Å². The normalized spacial score (nSPS) is 15.4. The van der Waals surface area contributed by atoms with E-state index in [4.69, 9.17) is 5.73 Å². The van der Waals surface area contributed by atoms with Crippen molar-refractivity contribution < 1.29 is 0 Å². The Balaban J connectivity index is 1.98. The van der Waals surface area contributed by atoms with Crippen molar-refractivity contribution in [3.05, 3.63) is 17.6 Å². The molecule has 0 unspecified atom stereocenters. The Hall–Kier alpha value is -1.29. The molecule has 2 N–H and O–H groups in total.